The Hall–Kier alpha value is -1.88. The summed E-state index contributed by atoms with van der Waals surface area (Å²) in [5.41, 5.74) is 0.626. The number of Topliss-reactive ketones (excluding diaryl/α,β-unsaturated/α-hetero) is 1. The number of aliphatic hydroxyl groups is 1. The second-order valence-electron chi connectivity index (χ2n) is 3.90. The molecule has 0 fully saturated rings. The molecule has 0 aliphatic carbocycles. The first-order valence-electron chi connectivity index (χ1n) is 6.16. The third kappa shape index (κ3) is 5.52. The van der Waals surface area contributed by atoms with Gasteiger partial charge in [-0.3, -0.25) is 9.59 Å². The van der Waals surface area contributed by atoms with Gasteiger partial charge in [0.2, 0.25) is 0 Å². The lowest BCUT2D eigenvalue weighted by atomic mass is 10.2. The number of carbonyl (C=O) groups is 2. The van der Waals surface area contributed by atoms with Crippen LogP contribution in [0.4, 0.5) is 0 Å². The van der Waals surface area contributed by atoms with Crippen molar-refractivity contribution in [3.8, 4) is 5.75 Å². The first kappa shape index (κ1) is 15.2. The molecule has 5 nitrogen and oxygen atoms in total. The van der Waals surface area contributed by atoms with Crippen LogP contribution in [0.25, 0.3) is 0 Å². The lowest BCUT2D eigenvalue weighted by molar-refractivity contribution is -0.144. The first-order valence-corrected chi connectivity index (χ1v) is 6.16. The van der Waals surface area contributed by atoms with E-state index in [1.165, 1.54) is 0 Å². The molecule has 1 aromatic carbocycles. The molecule has 0 aliphatic heterocycles. The Balaban J connectivity index is 2.35. The van der Waals surface area contributed by atoms with E-state index in [2.05, 4.69) is 0 Å². The van der Waals surface area contributed by atoms with Crippen LogP contribution in [0.15, 0.2) is 24.3 Å². The number of hydrogen-bond donors (Lipinski definition) is 1. The van der Waals surface area contributed by atoms with Crippen molar-refractivity contribution in [2.24, 2.45) is 0 Å². The average molecular weight is 266 g/mol. The van der Waals surface area contributed by atoms with Crippen molar-refractivity contribution in [3.63, 3.8) is 0 Å². The highest BCUT2D eigenvalue weighted by atomic mass is 16.5. The van der Waals surface area contributed by atoms with Crippen LogP contribution in [0, 0.1) is 0 Å². The average Bonchev–Trinajstić information content (AvgIpc) is 2.43. The predicted octanol–water partition coefficient (Wildman–Crippen LogP) is 1.47. The van der Waals surface area contributed by atoms with Crippen LogP contribution in [0.3, 0.4) is 0 Å². The largest absolute Gasteiger partial charge is 0.485 e. The molecule has 0 spiro atoms. The Bertz CT molecular complexity index is 428. The number of aliphatic hydroxyl groups excluding tert-OH is 1. The van der Waals surface area contributed by atoms with Crippen LogP contribution in [-0.2, 0) is 20.9 Å². The number of carbonyl (C=O) groups excluding carboxylic acids is 2. The highest BCUT2D eigenvalue weighted by Gasteiger charge is 2.09. The van der Waals surface area contributed by atoms with Crippen LogP contribution in [-0.4, -0.2) is 30.1 Å². The van der Waals surface area contributed by atoms with Gasteiger partial charge in [0.15, 0.2) is 5.78 Å². The minimum Gasteiger partial charge on any atom is -0.485 e. The Morgan fingerprint density at radius 2 is 1.95 bits per heavy atom. The summed E-state index contributed by atoms with van der Waals surface area (Å²) in [6.45, 7) is 1.77. The number of benzene rings is 1. The molecule has 0 saturated carbocycles. The van der Waals surface area contributed by atoms with Crippen molar-refractivity contribution >= 4 is 11.8 Å². The maximum atomic E-state index is 11.5. The van der Waals surface area contributed by atoms with E-state index in [-0.39, 0.29) is 37.8 Å². The molecular weight excluding hydrogens is 248 g/mol. The smallest absolute Gasteiger partial charge is 0.306 e. The molecular formula is C14H18O5. The molecule has 19 heavy (non-hydrogen) atoms. The van der Waals surface area contributed by atoms with Crippen LogP contribution in [0.1, 0.15) is 25.3 Å². The number of rotatable bonds is 8. The molecule has 0 aromatic heterocycles. The van der Waals surface area contributed by atoms with E-state index in [1.54, 1.807) is 31.2 Å². The molecule has 0 amide bonds. The van der Waals surface area contributed by atoms with Crippen molar-refractivity contribution in [1.29, 1.82) is 0 Å². The molecule has 0 aliphatic rings. The zero-order valence-corrected chi connectivity index (χ0v) is 10.9. The summed E-state index contributed by atoms with van der Waals surface area (Å²) in [5.74, 6) is -0.0816. The lowest BCUT2D eigenvalue weighted by Gasteiger charge is -2.09. The maximum absolute atomic E-state index is 11.5. The highest BCUT2D eigenvalue weighted by Crippen LogP contribution is 2.17. The van der Waals surface area contributed by atoms with Gasteiger partial charge in [0.1, 0.15) is 12.4 Å². The van der Waals surface area contributed by atoms with Gasteiger partial charge in [0.05, 0.1) is 19.6 Å². The summed E-state index contributed by atoms with van der Waals surface area (Å²) in [5, 5.41) is 9.09. The molecule has 0 saturated heterocycles. The molecule has 0 atom stereocenters. The van der Waals surface area contributed by atoms with E-state index in [0.29, 0.717) is 17.9 Å². The van der Waals surface area contributed by atoms with Gasteiger partial charge in [-0.15, -0.1) is 0 Å². The topological polar surface area (TPSA) is 72.8 Å². The SMILES string of the molecule is CCOC(=O)CCC(=O)COc1ccccc1CO. The van der Waals surface area contributed by atoms with E-state index >= 15 is 0 Å². The molecule has 104 valence electrons. The highest BCUT2D eigenvalue weighted by molar-refractivity contribution is 5.84. The van der Waals surface area contributed by atoms with Crippen molar-refractivity contribution < 1.29 is 24.2 Å². The molecule has 0 heterocycles. The third-order valence-electron chi connectivity index (χ3n) is 2.44. The summed E-state index contributed by atoms with van der Waals surface area (Å²) in [4.78, 5) is 22.6. The number of ketones is 1. The summed E-state index contributed by atoms with van der Waals surface area (Å²) in [7, 11) is 0. The fourth-order valence-corrected chi connectivity index (χ4v) is 1.48. The molecule has 1 aromatic rings. The molecule has 0 radical (unpaired) electrons. The van der Waals surface area contributed by atoms with E-state index in [4.69, 9.17) is 14.6 Å². The summed E-state index contributed by atoms with van der Waals surface area (Å²) in [6, 6.07) is 6.95. The fraction of sp³-hybridized carbons (Fsp3) is 0.429. The number of esters is 1. The number of ether oxygens (including phenoxy) is 2. The van der Waals surface area contributed by atoms with E-state index in [0.717, 1.165) is 0 Å². The second-order valence-corrected chi connectivity index (χ2v) is 3.90. The van der Waals surface area contributed by atoms with Crippen LogP contribution in [0.5, 0.6) is 5.75 Å². The quantitative estimate of drug-likeness (QED) is 0.721. The van der Waals surface area contributed by atoms with Gasteiger partial charge in [-0.25, -0.2) is 0 Å². The predicted molar refractivity (Wildman–Crippen MR) is 68.7 cm³/mol. The normalized spacial score (nSPS) is 10.0. The summed E-state index contributed by atoms with van der Waals surface area (Å²) < 4.78 is 10.0. The van der Waals surface area contributed by atoms with Gasteiger partial charge in [-0.1, -0.05) is 18.2 Å². The molecule has 0 bridgehead atoms. The van der Waals surface area contributed by atoms with Crippen LogP contribution < -0.4 is 4.74 Å². The van der Waals surface area contributed by atoms with Gasteiger partial charge < -0.3 is 14.6 Å². The van der Waals surface area contributed by atoms with Crippen molar-refractivity contribution in [1.82, 2.24) is 0 Å². The van der Waals surface area contributed by atoms with Crippen LogP contribution in [0.2, 0.25) is 0 Å². The lowest BCUT2D eigenvalue weighted by Crippen LogP contribution is -2.14. The maximum Gasteiger partial charge on any atom is 0.306 e. The monoisotopic (exact) mass is 266 g/mol. The Morgan fingerprint density at radius 3 is 2.63 bits per heavy atom. The van der Waals surface area contributed by atoms with E-state index in [9.17, 15) is 9.59 Å². The van der Waals surface area contributed by atoms with E-state index < -0.39 is 0 Å². The first-order chi connectivity index (χ1) is 9.17. The van der Waals surface area contributed by atoms with Gasteiger partial charge in [0, 0.05) is 12.0 Å². The number of para-hydroxylation sites is 1. The van der Waals surface area contributed by atoms with Gasteiger partial charge >= 0.3 is 5.97 Å². The van der Waals surface area contributed by atoms with Gasteiger partial charge in [0.25, 0.3) is 0 Å². The van der Waals surface area contributed by atoms with Crippen molar-refractivity contribution in [3.05, 3.63) is 29.8 Å². The zero-order valence-electron chi connectivity index (χ0n) is 10.9. The summed E-state index contributed by atoms with van der Waals surface area (Å²) in [6.07, 6.45) is 0.164. The molecule has 0 unspecified atom stereocenters. The fourth-order valence-electron chi connectivity index (χ4n) is 1.48. The van der Waals surface area contributed by atoms with E-state index in [1.807, 2.05) is 0 Å². The molecule has 5 heteroatoms. The van der Waals surface area contributed by atoms with Gasteiger partial charge in [-0.05, 0) is 13.0 Å². The summed E-state index contributed by atoms with van der Waals surface area (Å²) >= 11 is 0. The Morgan fingerprint density at radius 1 is 1.21 bits per heavy atom. The van der Waals surface area contributed by atoms with Gasteiger partial charge in [-0.2, -0.15) is 0 Å². The van der Waals surface area contributed by atoms with Crippen molar-refractivity contribution in [2.75, 3.05) is 13.2 Å². The molecule has 1 N–H and O–H groups in total. The minimum absolute atomic E-state index is 0.0671. The number of hydrogen-bond acceptors (Lipinski definition) is 5. The Labute approximate surface area is 112 Å². The zero-order chi connectivity index (χ0) is 14.1. The van der Waals surface area contributed by atoms with Crippen molar-refractivity contribution in [2.45, 2.75) is 26.4 Å². The Kier molecular flexibility index (Phi) is 6.60. The minimum atomic E-state index is -0.383. The van der Waals surface area contributed by atoms with Crippen LogP contribution >= 0.6 is 0 Å². The standard InChI is InChI=1S/C14H18O5/c1-2-18-14(17)8-7-12(16)10-19-13-6-4-3-5-11(13)9-15/h3-6,15H,2,7-10H2,1H3. The second kappa shape index (κ2) is 8.26. The molecule has 1 rings (SSSR count). The third-order valence-corrected chi connectivity index (χ3v) is 2.44.